The molecule has 1 aromatic carbocycles. The van der Waals surface area contributed by atoms with Crippen LogP contribution in [0.1, 0.15) is 19.5 Å². The minimum Gasteiger partial charge on any atom is -0.478 e. The van der Waals surface area contributed by atoms with E-state index in [4.69, 9.17) is 10.6 Å². The number of hydrogen-bond donors (Lipinski definition) is 4. The fourth-order valence-electron chi connectivity index (χ4n) is 4.44. The van der Waals surface area contributed by atoms with Crippen molar-refractivity contribution in [3.05, 3.63) is 52.8 Å². The van der Waals surface area contributed by atoms with Gasteiger partial charge < -0.3 is 26.1 Å². The van der Waals surface area contributed by atoms with Gasteiger partial charge in [-0.15, -0.1) is 27.8 Å². The maximum Gasteiger partial charge on any atom is 0.352 e. The highest BCUT2D eigenvalue weighted by molar-refractivity contribution is 8.00. The molecule has 0 radical (unpaired) electrons. The number of carboxylic acids is 2. The van der Waals surface area contributed by atoms with Crippen molar-refractivity contribution in [3.63, 3.8) is 0 Å². The number of thiazole rings is 1. The number of aryl methyl sites for hydroxylation is 1. The topological polar surface area (TPSA) is 193 Å². The van der Waals surface area contributed by atoms with Gasteiger partial charge in [0.2, 0.25) is 11.8 Å². The second-order valence-corrected chi connectivity index (χ2v) is 11.8. The van der Waals surface area contributed by atoms with Crippen molar-refractivity contribution in [1.82, 2.24) is 19.9 Å². The number of amides is 2. The van der Waals surface area contributed by atoms with Crippen LogP contribution in [0.3, 0.4) is 0 Å². The number of fused-ring (bicyclic) bond motifs is 2. The van der Waals surface area contributed by atoms with Crippen LogP contribution in [0.2, 0.25) is 0 Å². The first-order valence-corrected chi connectivity index (χ1v) is 14.2. The van der Waals surface area contributed by atoms with Crippen LogP contribution in [0, 0.1) is 0 Å². The molecule has 5 rings (SSSR count). The number of hydrogen-bond acceptors (Lipinski definition) is 10. The number of rotatable bonds is 9. The normalized spacial score (nSPS) is 19.1. The number of nitrogens with zero attached hydrogens (tertiary/aromatic N) is 5. The van der Waals surface area contributed by atoms with Crippen LogP contribution in [-0.2, 0) is 37.6 Å². The number of carbonyl (C=O) groups is 4. The third-order valence-corrected chi connectivity index (χ3v) is 8.72. The monoisotopic (exact) mass is 600 g/mol. The summed E-state index contributed by atoms with van der Waals surface area (Å²) in [5.41, 5.74) is 5.01. The number of thioether (sulfide) groups is 1. The second-order valence-electron chi connectivity index (χ2n) is 9.84. The van der Waals surface area contributed by atoms with Crippen molar-refractivity contribution in [1.29, 1.82) is 0 Å². The highest BCUT2D eigenvalue weighted by Gasteiger charge is 2.55. The fourth-order valence-corrected chi connectivity index (χ4v) is 6.32. The summed E-state index contributed by atoms with van der Waals surface area (Å²) in [5.74, 6) is -3.69. The number of anilines is 1. The Kier molecular flexibility index (Phi) is 7.21. The van der Waals surface area contributed by atoms with Crippen molar-refractivity contribution in [2.75, 3.05) is 11.5 Å². The molecule has 2 aliphatic rings. The number of nitrogens with one attached hydrogen (secondary N) is 1. The summed E-state index contributed by atoms with van der Waals surface area (Å²) in [4.78, 5) is 60.6. The van der Waals surface area contributed by atoms with Gasteiger partial charge in [0.1, 0.15) is 28.3 Å². The van der Waals surface area contributed by atoms with Gasteiger partial charge in [0, 0.05) is 16.7 Å². The number of nitrogen functional groups attached to an aromatic ring is 1. The van der Waals surface area contributed by atoms with E-state index in [0.29, 0.717) is 11.3 Å². The zero-order valence-corrected chi connectivity index (χ0v) is 23.7. The van der Waals surface area contributed by atoms with E-state index in [2.05, 4.69) is 15.5 Å². The standard InChI is InChI=1S/C25H25N7O7S2/c1-25(2,23(37)38)39-29-16(14-11-41-24(26)27-14)19(33)28-17-20(34)32-18(22(35)36)13(10-40-21(17)32)9-31-8-12-6-4-5-7-15(12)30(31)3/h4-8,11,17,21H,9-10H2,1-3H3,(H4-,26,27,28,33,35,36,37,38)/p+1/b29-16-/t17-,21-/m1/s1. The van der Waals surface area contributed by atoms with Crippen LogP contribution in [0.25, 0.3) is 10.9 Å². The maximum atomic E-state index is 13.2. The first kappa shape index (κ1) is 28.1. The number of β-lactam (4-membered cyclic amide) rings is 1. The van der Waals surface area contributed by atoms with Crippen LogP contribution in [0.5, 0.6) is 0 Å². The molecule has 2 aliphatic heterocycles. The van der Waals surface area contributed by atoms with Crippen molar-refractivity contribution >= 4 is 68.6 Å². The molecule has 1 fully saturated rings. The molecule has 41 heavy (non-hydrogen) atoms. The Morgan fingerprint density at radius 3 is 2.66 bits per heavy atom. The van der Waals surface area contributed by atoms with E-state index in [0.717, 1.165) is 22.2 Å². The van der Waals surface area contributed by atoms with Crippen LogP contribution in [-0.4, -0.2) is 77.0 Å². The van der Waals surface area contributed by atoms with Crippen LogP contribution >= 0.6 is 23.1 Å². The number of carboxylic acid groups (broad SMARTS) is 2. The Bertz CT molecular complexity index is 1660. The summed E-state index contributed by atoms with van der Waals surface area (Å²) < 4.78 is 3.80. The highest BCUT2D eigenvalue weighted by Crippen LogP contribution is 2.40. The molecule has 3 aromatic rings. The van der Waals surface area contributed by atoms with Gasteiger partial charge in [-0.3, -0.25) is 14.5 Å². The molecule has 14 nitrogen and oxygen atoms in total. The van der Waals surface area contributed by atoms with Gasteiger partial charge in [0.05, 0.1) is 12.4 Å². The van der Waals surface area contributed by atoms with Crippen LogP contribution in [0.15, 0.2) is 52.3 Å². The van der Waals surface area contributed by atoms with Gasteiger partial charge in [-0.2, -0.15) is 4.68 Å². The van der Waals surface area contributed by atoms with E-state index >= 15 is 0 Å². The average Bonchev–Trinajstić information content (AvgIpc) is 3.49. The summed E-state index contributed by atoms with van der Waals surface area (Å²) in [6, 6.07) is 6.70. The molecule has 2 aromatic heterocycles. The number of carbonyl (C=O) groups excluding carboxylic acids is 2. The Hall–Kier alpha value is -4.44. The van der Waals surface area contributed by atoms with Gasteiger partial charge in [-0.1, -0.05) is 17.3 Å². The molecule has 1 saturated heterocycles. The zero-order chi connectivity index (χ0) is 29.6. The first-order valence-electron chi connectivity index (χ1n) is 12.2. The summed E-state index contributed by atoms with van der Waals surface area (Å²) in [7, 11) is 1.87. The molecule has 0 saturated carbocycles. The van der Waals surface area contributed by atoms with Gasteiger partial charge in [0.15, 0.2) is 17.4 Å². The van der Waals surface area contributed by atoms with Gasteiger partial charge in [-0.25, -0.2) is 14.6 Å². The van der Waals surface area contributed by atoms with E-state index in [-0.39, 0.29) is 28.8 Å². The average molecular weight is 601 g/mol. The van der Waals surface area contributed by atoms with Crippen LogP contribution in [0.4, 0.5) is 5.13 Å². The lowest BCUT2D eigenvalue weighted by Gasteiger charge is -2.49. The second kappa shape index (κ2) is 10.5. The van der Waals surface area contributed by atoms with Crippen molar-refractivity contribution in [3.8, 4) is 0 Å². The predicted octanol–water partition coefficient (Wildman–Crippen LogP) is 0.527. The Morgan fingerprint density at radius 1 is 1.29 bits per heavy atom. The Morgan fingerprint density at radius 2 is 2.02 bits per heavy atom. The molecular weight excluding hydrogens is 574 g/mol. The molecule has 214 valence electrons. The SMILES string of the molecule is Cn1c2ccccc2c[n+]1CC1=C(C(=O)O)N2C(=O)[C@@H](NC(=O)/C(=N\OC(C)(C)C(=O)O)c3csc(N)n3)[C@H]2SC1. The summed E-state index contributed by atoms with van der Waals surface area (Å²) in [6.07, 6.45) is 1.92. The minimum atomic E-state index is -1.75. The number of aromatic nitrogens is 3. The number of para-hydroxylation sites is 1. The van der Waals surface area contributed by atoms with E-state index in [1.807, 2.05) is 46.9 Å². The number of benzene rings is 1. The van der Waals surface area contributed by atoms with Gasteiger partial charge in [-0.05, 0) is 26.0 Å². The molecule has 0 unspecified atom stereocenters. The van der Waals surface area contributed by atoms with Crippen molar-refractivity contribution in [2.45, 2.75) is 37.4 Å². The fraction of sp³-hybridized carbons (Fsp3) is 0.320. The zero-order valence-electron chi connectivity index (χ0n) is 22.1. The Labute approximate surface area is 241 Å². The lowest BCUT2D eigenvalue weighted by atomic mass is 10.0. The molecule has 2 atom stereocenters. The van der Waals surface area contributed by atoms with Crippen LogP contribution < -0.4 is 15.7 Å². The molecular formula is C25H26N7O7S2+. The van der Waals surface area contributed by atoms with E-state index in [1.165, 1.54) is 35.9 Å². The largest absolute Gasteiger partial charge is 0.478 e. The van der Waals surface area contributed by atoms with Crippen molar-refractivity contribution < 1.29 is 38.9 Å². The van der Waals surface area contributed by atoms with E-state index < -0.39 is 40.8 Å². The predicted molar refractivity (Wildman–Crippen MR) is 149 cm³/mol. The highest BCUT2D eigenvalue weighted by atomic mass is 32.2. The molecule has 0 bridgehead atoms. The quantitative estimate of drug-likeness (QED) is 0.116. The molecule has 2 amide bonds. The molecule has 5 N–H and O–H groups in total. The number of nitrogens with two attached hydrogens (primary N) is 1. The lowest BCUT2D eigenvalue weighted by molar-refractivity contribution is -0.764. The van der Waals surface area contributed by atoms with Crippen molar-refractivity contribution in [2.24, 2.45) is 12.2 Å². The van der Waals surface area contributed by atoms with Gasteiger partial charge in [0.25, 0.3) is 11.8 Å². The van der Waals surface area contributed by atoms with E-state index in [9.17, 15) is 29.4 Å². The van der Waals surface area contributed by atoms with E-state index in [1.54, 1.807) is 0 Å². The number of aliphatic carboxylic acids is 2. The summed E-state index contributed by atoms with van der Waals surface area (Å²) in [5, 5.41) is 27.6. The third-order valence-electron chi connectivity index (χ3n) is 6.71. The lowest BCUT2D eigenvalue weighted by Crippen LogP contribution is -2.71. The number of oxime groups is 1. The third kappa shape index (κ3) is 5.11. The summed E-state index contributed by atoms with van der Waals surface area (Å²) >= 11 is 2.36. The Balaban J connectivity index is 1.38. The first-order chi connectivity index (χ1) is 19.4. The maximum absolute atomic E-state index is 13.2. The molecule has 16 heteroatoms. The summed E-state index contributed by atoms with van der Waals surface area (Å²) in [6.45, 7) is 2.76. The smallest absolute Gasteiger partial charge is 0.352 e. The molecule has 0 spiro atoms. The minimum absolute atomic E-state index is 0.0338. The van der Waals surface area contributed by atoms with Gasteiger partial charge >= 0.3 is 11.9 Å². The molecule has 0 aliphatic carbocycles. The molecule has 4 heterocycles.